The molecule has 5 heteroatoms. The second-order valence-corrected chi connectivity index (χ2v) is 16.3. The van der Waals surface area contributed by atoms with E-state index in [2.05, 4.69) is 88.7 Å². The molecular weight excluding hydrogens is 617 g/mol. The number of nitrogens with zero attached hydrogens (tertiary/aromatic N) is 2. The Balaban J connectivity index is 1.29. The fourth-order valence-corrected chi connectivity index (χ4v) is 7.61. The van der Waals surface area contributed by atoms with Crippen LogP contribution in [0.5, 0.6) is 0 Å². The molecule has 1 atom stereocenters. The molecule has 0 N–H and O–H groups in total. The summed E-state index contributed by atoms with van der Waals surface area (Å²) in [7, 11) is 0. The van der Waals surface area contributed by atoms with Gasteiger partial charge in [-0.05, 0) is 53.1 Å². The highest BCUT2D eigenvalue weighted by molar-refractivity contribution is 6.12. The maximum absolute atomic E-state index is 13.8. The van der Waals surface area contributed by atoms with Crippen LogP contribution in [0.1, 0.15) is 112 Å². The lowest BCUT2D eigenvalue weighted by Gasteiger charge is -2.42. The van der Waals surface area contributed by atoms with Gasteiger partial charge in [-0.1, -0.05) is 134 Å². The van der Waals surface area contributed by atoms with Crippen LogP contribution in [-0.2, 0) is 11.2 Å². The molecule has 0 spiro atoms. The van der Waals surface area contributed by atoms with Gasteiger partial charge in [0.25, 0.3) is 0 Å². The Morgan fingerprint density at radius 3 is 1.88 bits per heavy atom. The van der Waals surface area contributed by atoms with Crippen LogP contribution in [0.25, 0.3) is 5.70 Å². The molecule has 1 unspecified atom stereocenters. The van der Waals surface area contributed by atoms with Crippen LogP contribution in [-0.4, -0.2) is 53.3 Å². The lowest BCUT2D eigenvalue weighted by atomic mass is 9.73. The van der Waals surface area contributed by atoms with Gasteiger partial charge in [0.1, 0.15) is 0 Å². The normalized spacial score (nSPS) is 17.8. The molecule has 0 fully saturated rings. The first-order valence-electron chi connectivity index (χ1n) is 18.5. The van der Waals surface area contributed by atoms with E-state index in [1.54, 1.807) is 24.3 Å². The number of rotatable bonds is 13. The minimum Gasteiger partial charge on any atom is -0.377 e. The van der Waals surface area contributed by atoms with Crippen LogP contribution in [0.2, 0.25) is 0 Å². The van der Waals surface area contributed by atoms with Crippen LogP contribution in [0.3, 0.4) is 0 Å². The molecule has 0 aromatic heterocycles. The van der Waals surface area contributed by atoms with Gasteiger partial charge in [-0.25, -0.2) is 0 Å². The molecule has 50 heavy (non-hydrogen) atoms. The zero-order valence-electron chi connectivity index (χ0n) is 31.5. The van der Waals surface area contributed by atoms with Crippen molar-refractivity contribution >= 4 is 23.0 Å². The van der Waals surface area contributed by atoms with Gasteiger partial charge in [-0.15, -0.1) is 0 Å². The molecule has 0 radical (unpaired) electrons. The number of Topliss-reactive ketones (excluding diaryl/α,β-unsaturated/α-hetero) is 2. The third-order valence-electron chi connectivity index (χ3n) is 10.5. The molecule has 0 amide bonds. The highest BCUT2D eigenvalue weighted by atomic mass is 16.1. The van der Waals surface area contributed by atoms with Crippen molar-refractivity contribution in [2.24, 2.45) is 22.7 Å². The second-order valence-electron chi connectivity index (χ2n) is 16.3. The van der Waals surface area contributed by atoms with Gasteiger partial charge in [-0.3, -0.25) is 14.4 Å². The minimum atomic E-state index is -0.241. The van der Waals surface area contributed by atoms with E-state index in [4.69, 9.17) is 0 Å². The van der Waals surface area contributed by atoms with E-state index in [1.807, 2.05) is 37.3 Å². The fourth-order valence-electron chi connectivity index (χ4n) is 7.61. The molecule has 5 rings (SSSR count). The summed E-state index contributed by atoms with van der Waals surface area (Å²) < 4.78 is 0. The lowest BCUT2D eigenvalue weighted by molar-refractivity contribution is -0.116. The van der Waals surface area contributed by atoms with E-state index in [9.17, 15) is 14.4 Å². The summed E-state index contributed by atoms with van der Waals surface area (Å²) in [6.45, 7) is 21.1. The molecule has 2 aliphatic heterocycles. The number of hydrogen-bond acceptors (Lipinski definition) is 5. The highest BCUT2D eigenvalue weighted by Crippen LogP contribution is 2.43. The molecule has 264 valence electrons. The van der Waals surface area contributed by atoms with Crippen molar-refractivity contribution in [2.75, 3.05) is 26.2 Å². The van der Waals surface area contributed by atoms with E-state index in [0.717, 1.165) is 67.8 Å². The fraction of sp³-hybridized carbons (Fsp3) is 0.444. The zero-order chi connectivity index (χ0) is 36.2. The first-order chi connectivity index (χ1) is 23.7. The Morgan fingerprint density at radius 1 is 0.700 bits per heavy atom. The number of carbonyl (C=O) groups excluding carboxylic acids is 3. The predicted octanol–water partition coefficient (Wildman–Crippen LogP) is 9.67. The van der Waals surface area contributed by atoms with Crippen LogP contribution in [0.15, 0.2) is 96.2 Å². The Hall–Kier alpha value is -4.25. The summed E-state index contributed by atoms with van der Waals surface area (Å²) in [6.07, 6.45) is 5.41. The molecule has 0 saturated heterocycles. The first-order valence-corrected chi connectivity index (χ1v) is 18.5. The van der Waals surface area contributed by atoms with Gasteiger partial charge in [0, 0.05) is 66.6 Å². The molecule has 0 aliphatic carbocycles. The number of allylic oxidation sites excluding steroid dienone is 2. The topological polar surface area (TPSA) is 57.7 Å². The van der Waals surface area contributed by atoms with Crippen molar-refractivity contribution in [3.63, 3.8) is 0 Å². The van der Waals surface area contributed by atoms with Crippen molar-refractivity contribution < 1.29 is 14.4 Å². The number of ketones is 3. The Labute approximate surface area is 300 Å². The van der Waals surface area contributed by atoms with E-state index >= 15 is 0 Å². The summed E-state index contributed by atoms with van der Waals surface area (Å²) in [5.74, 6) is 1.11. The SMILES string of the molecule is CCC(=O)C1=C(c2ccc(CC(C)CN3C=C(C(=O)c4ccc(C(=O)c5ccccc5)cc4)C(C)(C)CC3)cc2)N(CC(C)C)CCC1(C)C. The van der Waals surface area contributed by atoms with Gasteiger partial charge in [0.05, 0.1) is 5.70 Å². The molecule has 3 aromatic rings. The molecule has 2 aliphatic rings. The molecule has 5 nitrogen and oxygen atoms in total. The van der Waals surface area contributed by atoms with Crippen molar-refractivity contribution in [1.82, 2.24) is 9.80 Å². The highest BCUT2D eigenvalue weighted by Gasteiger charge is 2.38. The summed E-state index contributed by atoms with van der Waals surface area (Å²) in [6, 6.07) is 25.2. The van der Waals surface area contributed by atoms with Crippen molar-refractivity contribution in [1.29, 1.82) is 0 Å². The molecule has 3 aromatic carbocycles. The Kier molecular flexibility index (Phi) is 11.3. The number of benzene rings is 3. The van der Waals surface area contributed by atoms with Gasteiger partial charge in [0.2, 0.25) is 0 Å². The second kappa shape index (κ2) is 15.3. The summed E-state index contributed by atoms with van der Waals surface area (Å²) >= 11 is 0. The zero-order valence-corrected chi connectivity index (χ0v) is 31.5. The summed E-state index contributed by atoms with van der Waals surface area (Å²) in [4.78, 5) is 44.8. The Bertz CT molecular complexity index is 1740. The molecule has 0 bridgehead atoms. The standard InChI is InChI=1S/C45H56N2O3/c1-9-39(48)40-41(47(28-31(2)3)26-24-45(40,7)8)34-17-15-33(16-18-34)27-32(4)29-46-25-23-44(5,6)38(30-46)43(50)37-21-19-36(20-22-37)42(49)35-13-11-10-12-14-35/h10-22,30-32H,9,23-29H2,1-8H3. The molecule has 2 heterocycles. The average molecular weight is 673 g/mol. The van der Waals surface area contributed by atoms with Gasteiger partial charge in [0.15, 0.2) is 17.3 Å². The predicted molar refractivity (Wildman–Crippen MR) is 205 cm³/mol. The van der Waals surface area contributed by atoms with Crippen molar-refractivity contribution in [2.45, 2.75) is 81.1 Å². The third-order valence-corrected chi connectivity index (χ3v) is 10.5. The number of hydrogen-bond donors (Lipinski definition) is 0. The maximum Gasteiger partial charge on any atom is 0.193 e. The van der Waals surface area contributed by atoms with E-state index < -0.39 is 0 Å². The van der Waals surface area contributed by atoms with Crippen LogP contribution in [0, 0.1) is 22.7 Å². The quantitative estimate of drug-likeness (QED) is 0.169. The first kappa shape index (κ1) is 37.0. The Morgan fingerprint density at radius 2 is 1.28 bits per heavy atom. The summed E-state index contributed by atoms with van der Waals surface area (Å²) in [5, 5.41) is 0. The van der Waals surface area contributed by atoms with Crippen LogP contribution < -0.4 is 0 Å². The van der Waals surface area contributed by atoms with Crippen molar-refractivity contribution in [3.8, 4) is 0 Å². The average Bonchev–Trinajstić information content (AvgIpc) is 3.09. The maximum atomic E-state index is 13.8. The van der Waals surface area contributed by atoms with Gasteiger partial charge in [-0.2, -0.15) is 0 Å². The smallest absolute Gasteiger partial charge is 0.193 e. The van der Waals surface area contributed by atoms with Crippen molar-refractivity contribution in [3.05, 3.63) is 124 Å². The van der Waals surface area contributed by atoms with Crippen LogP contribution in [0.4, 0.5) is 0 Å². The largest absolute Gasteiger partial charge is 0.377 e. The number of carbonyl (C=O) groups is 3. The lowest BCUT2D eigenvalue weighted by Crippen LogP contribution is -2.39. The van der Waals surface area contributed by atoms with E-state index in [-0.39, 0.29) is 28.2 Å². The van der Waals surface area contributed by atoms with E-state index in [1.165, 1.54) is 5.56 Å². The third kappa shape index (κ3) is 8.37. The monoisotopic (exact) mass is 672 g/mol. The van der Waals surface area contributed by atoms with Crippen LogP contribution >= 0.6 is 0 Å². The molecular formula is C45H56N2O3. The van der Waals surface area contributed by atoms with Gasteiger partial charge < -0.3 is 9.80 Å². The molecule has 0 saturated carbocycles. The summed E-state index contributed by atoms with van der Waals surface area (Å²) in [5.41, 5.74) is 6.76. The minimum absolute atomic E-state index is 0.0225. The van der Waals surface area contributed by atoms with Gasteiger partial charge >= 0.3 is 0 Å². The van der Waals surface area contributed by atoms with E-state index in [0.29, 0.717) is 34.9 Å².